The second-order valence-electron chi connectivity index (χ2n) is 5.64. The zero-order valence-corrected chi connectivity index (χ0v) is 13.7. The van der Waals surface area contributed by atoms with E-state index in [9.17, 15) is 4.79 Å². The van der Waals surface area contributed by atoms with Gasteiger partial charge in [0.05, 0.1) is 5.56 Å². The first-order chi connectivity index (χ1) is 10.8. The SMILES string of the molecule is CCCSc1ccccc1C(=O)Nc1ccc2c(c1)CCC2. The molecule has 0 aromatic heterocycles. The van der Waals surface area contributed by atoms with Crippen molar-refractivity contribution in [3.05, 3.63) is 59.2 Å². The fourth-order valence-electron chi connectivity index (χ4n) is 2.84. The molecule has 0 bridgehead atoms. The van der Waals surface area contributed by atoms with Gasteiger partial charge < -0.3 is 5.32 Å². The van der Waals surface area contributed by atoms with Crippen molar-refractivity contribution in [2.75, 3.05) is 11.1 Å². The summed E-state index contributed by atoms with van der Waals surface area (Å²) >= 11 is 1.75. The zero-order chi connectivity index (χ0) is 15.4. The third-order valence-electron chi connectivity index (χ3n) is 3.95. The van der Waals surface area contributed by atoms with E-state index in [0.29, 0.717) is 0 Å². The highest BCUT2D eigenvalue weighted by molar-refractivity contribution is 7.99. The van der Waals surface area contributed by atoms with Crippen LogP contribution in [-0.2, 0) is 12.8 Å². The number of rotatable bonds is 5. The molecule has 3 rings (SSSR count). The standard InChI is InChI=1S/C19H21NOS/c1-2-12-22-18-9-4-3-8-17(18)19(21)20-16-11-10-14-6-5-7-15(14)13-16/h3-4,8-11,13H,2,5-7,12H2,1H3,(H,20,21). The average molecular weight is 311 g/mol. The molecule has 0 atom stereocenters. The van der Waals surface area contributed by atoms with Gasteiger partial charge in [0.25, 0.3) is 5.91 Å². The van der Waals surface area contributed by atoms with Gasteiger partial charge in [-0.1, -0.05) is 25.1 Å². The predicted molar refractivity (Wildman–Crippen MR) is 93.9 cm³/mol. The summed E-state index contributed by atoms with van der Waals surface area (Å²) in [6, 6.07) is 14.1. The second-order valence-corrected chi connectivity index (χ2v) is 6.77. The summed E-state index contributed by atoms with van der Waals surface area (Å²) in [6.45, 7) is 2.15. The van der Waals surface area contributed by atoms with E-state index in [-0.39, 0.29) is 5.91 Å². The number of hydrogen-bond acceptors (Lipinski definition) is 2. The zero-order valence-electron chi connectivity index (χ0n) is 12.9. The number of aryl methyl sites for hydroxylation is 2. The van der Waals surface area contributed by atoms with E-state index >= 15 is 0 Å². The second kappa shape index (κ2) is 7.01. The van der Waals surface area contributed by atoms with Crippen LogP contribution in [0.1, 0.15) is 41.3 Å². The van der Waals surface area contributed by atoms with Crippen LogP contribution in [0.2, 0.25) is 0 Å². The van der Waals surface area contributed by atoms with Crippen molar-refractivity contribution in [3.63, 3.8) is 0 Å². The normalized spacial score (nSPS) is 13.0. The Morgan fingerprint density at radius 1 is 1.14 bits per heavy atom. The molecule has 0 spiro atoms. The monoisotopic (exact) mass is 311 g/mol. The lowest BCUT2D eigenvalue weighted by Crippen LogP contribution is -2.13. The van der Waals surface area contributed by atoms with E-state index in [1.165, 1.54) is 24.0 Å². The van der Waals surface area contributed by atoms with Gasteiger partial charge in [0, 0.05) is 10.6 Å². The summed E-state index contributed by atoms with van der Waals surface area (Å²) < 4.78 is 0. The van der Waals surface area contributed by atoms with Gasteiger partial charge in [-0.15, -0.1) is 11.8 Å². The number of carbonyl (C=O) groups excluding carboxylic acids is 1. The summed E-state index contributed by atoms with van der Waals surface area (Å²) in [6.07, 6.45) is 4.62. The van der Waals surface area contributed by atoms with Crippen LogP contribution in [0.4, 0.5) is 5.69 Å². The molecule has 0 unspecified atom stereocenters. The minimum Gasteiger partial charge on any atom is -0.322 e. The van der Waals surface area contributed by atoms with Crippen LogP contribution in [0.15, 0.2) is 47.4 Å². The maximum absolute atomic E-state index is 12.6. The molecule has 0 heterocycles. The van der Waals surface area contributed by atoms with Crippen LogP contribution in [-0.4, -0.2) is 11.7 Å². The minimum atomic E-state index is -0.0165. The van der Waals surface area contributed by atoms with E-state index in [4.69, 9.17) is 0 Å². The number of benzene rings is 2. The minimum absolute atomic E-state index is 0.0165. The highest BCUT2D eigenvalue weighted by Crippen LogP contribution is 2.27. The highest BCUT2D eigenvalue weighted by Gasteiger charge is 2.14. The van der Waals surface area contributed by atoms with Crippen LogP contribution in [0.25, 0.3) is 0 Å². The number of nitrogens with one attached hydrogen (secondary N) is 1. The Kier molecular flexibility index (Phi) is 4.84. The van der Waals surface area contributed by atoms with E-state index in [1.54, 1.807) is 11.8 Å². The topological polar surface area (TPSA) is 29.1 Å². The highest BCUT2D eigenvalue weighted by atomic mass is 32.2. The quantitative estimate of drug-likeness (QED) is 0.793. The van der Waals surface area contributed by atoms with Crippen LogP contribution >= 0.6 is 11.8 Å². The lowest BCUT2D eigenvalue weighted by molar-refractivity contribution is 0.102. The Balaban J connectivity index is 1.77. The van der Waals surface area contributed by atoms with Crippen LogP contribution < -0.4 is 5.32 Å². The van der Waals surface area contributed by atoms with Crippen molar-refractivity contribution in [1.29, 1.82) is 0 Å². The molecule has 2 aromatic rings. The summed E-state index contributed by atoms with van der Waals surface area (Å²) in [5.74, 6) is 1.01. The lowest BCUT2D eigenvalue weighted by atomic mass is 10.1. The van der Waals surface area contributed by atoms with Gasteiger partial charge in [0.1, 0.15) is 0 Å². The molecule has 1 aliphatic rings. The van der Waals surface area contributed by atoms with E-state index in [1.807, 2.05) is 30.3 Å². The molecule has 0 fully saturated rings. The molecule has 1 aliphatic carbocycles. The van der Waals surface area contributed by atoms with Crippen molar-refractivity contribution in [1.82, 2.24) is 0 Å². The number of hydrogen-bond donors (Lipinski definition) is 1. The van der Waals surface area contributed by atoms with Crippen molar-refractivity contribution in [2.45, 2.75) is 37.5 Å². The number of amides is 1. The first-order valence-corrected chi connectivity index (χ1v) is 8.91. The molecule has 1 amide bonds. The molecule has 0 radical (unpaired) electrons. The lowest BCUT2D eigenvalue weighted by Gasteiger charge is -2.10. The average Bonchev–Trinajstić information content (AvgIpc) is 3.00. The third kappa shape index (κ3) is 3.36. The number of fused-ring (bicyclic) bond motifs is 1. The molecular formula is C19H21NOS. The fourth-order valence-corrected chi connectivity index (χ4v) is 3.76. The van der Waals surface area contributed by atoms with E-state index in [2.05, 4.69) is 24.4 Å². The third-order valence-corrected chi connectivity index (χ3v) is 5.23. The maximum Gasteiger partial charge on any atom is 0.256 e. The van der Waals surface area contributed by atoms with E-state index < -0.39 is 0 Å². The van der Waals surface area contributed by atoms with Gasteiger partial charge >= 0.3 is 0 Å². The molecule has 2 aromatic carbocycles. The van der Waals surface area contributed by atoms with Gasteiger partial charge in [-0.3, -0.25) is 4.79 Å². The molecule has 0 saturated heterocycles. The molecule has 0 saturated carbocycles. The van der Waals surface area contributed by atoms with Crippen LogP contribution in [0, 0.1) is 0 Å². The predicted octanol–water partition coefficient (Wildman–Crippen LogP) is 4.93. The Bertz CT molecular complexity index is 681. The van der Waals surface area contributed by atoms with Gasteiger partial charge in [-0.25, -0.2) is 0 Å². The van der Waals surface area contributed by atoms with Crippen LogP contribution in [0.3, 0.4) is 0 Å². The van der Waals surface area contributed by atoms with Crippen molar-refractivity contribution < 1.29 is 4.79 Å². The summed E-state index contributed by atoms with van der Waals surface area (Å²) in [5, 5.41) is 3.05. The molecule has 0 aliphatic heterocycles. The Labute approximate surface area is 136 Å². The largest absolute Gasteiger partial charge is 0.322 e. The fraction of sp³-hybridized carbons (Fsp3) is 0.316. The number of carbonyl (C=O) groups is 1. The maximum atomic E-state index is 12.6. The van der Waals surface area contributed by atoms with Crippen molar-refractivity contribution >= 4 is 23.4 Å². The van der Waals surface area contributed by atoms with Gasteiger partial charge in [-0.05, 0) is 66.8 Å². The molecule has 2 nitrogen and oxygen atoms in total. The summed E-state index contributed by atoms with van der Waals surface area (Å²) in [5.41, 5.74) is 4.48. The molecule has 3 heteroatoms. The smallest absolute Gasteiger partial charge is 0.256 e. The van der Waals surface area contributed by atoms with Crippen molar-refractivity contribution in [3.8, 4) is 0 Å². The first-order valence-electron chi connectivity index (χ1n) is 7.93. The van der Waals surface area contributed by atoms with Gasteiger partial charge in [0.15, 0.2) is 0 Å². The van der Waals surface area contributed by atoms with Crippen LogP contribution in [0.5, 0.6) is 0 Å². The van der Waals surface area contributed by atoms with E-state index in [0.717, 1.165) is 34.7 Å². The van der Waals surface area contributed by atoms with Gasteiger partial charge in [0.2, 0.25) is 0 Å². The first kappa shape index (κ1) is 15.2. The Hall–Kier alpha value is -1.74. The molecular weight excluding hydrogens is 290 g/mol. The Morgan fingerprint density at radius 2 is 1.95 bits per heavy atom. The molecule has 22 heavy (non-hydrogen) atoms. The molecule has 114 valence electrons. The van der Waals surface area contributed by atoms with Gasteiger partial charge in [-0.2, -0.15) is 0 Å². The Morgan fingerprint density at radius 3 is 2.82 bits per heavy atom. The summed E-state index contributed by atoms with van der Waals surface area (Å²) in [7, 11) is 0. The van der Waals surface area contributed by atoms with Crippen molar-refractivity contribution in [2.24, 2.45) is 0 Å². The summed E-state index contributed by atoms with van der Waals surface area (Å²) in [4.78, 5) is 13.6. The number of thioether (sulfide) groups is 1. The molecule has 1 N–H and O–H groups in total. The number of anilines is 1.